The van der Waals surface area contributed by atoms with Crippen LogP contribution in [0.1, 0.15) is 12.8 Å². The normalized spacial score (nSPS) is 19.0. The van der Waals surface area contributed by atoms with Crippen molar-refractivity contribution in [2.75, 3.05) is 38.1 Å². The molecule has 9 heteroatoms. The SMILES string of the molecule is NS(=O)(=O)c1cccc(NC(=O)NCCN2CCC[C@H](CO)C2)c1. The van der Waals surface area contributed by atoms with Crippen LogP contribution >= 0.6 is 0 Å². The van der Waals surface area contributed by atoms with Crippen molar-refractivity contribution in [2.45, 2.75) is 17.7 Å². The van der Waals surface area contributed by atoms with Gasteiger partial charge in [0.25, 0.3) is 0 Å². The van der Waals surface area contributed by atoms with Crippen LogP contribution in [-0.4, -0.2) is 57.2 Å². The Morgan fingerprint density at radius 3 is 2.92 bits per heavy atom. The second kappa shape index (κ2) is 8.43. The Bertz CT molecular complexity index is 665. The van der Waals surface area contributed by atoms with Gasteiger partial charge in [-0.3, -0.25) is 0 Å². The Labute approximate surface area is 142 Å². The first-order valence-corrected chi connectivity index (χ1v) is 9.44. The molecule has 1 atom stereocenters. The third-order valence-corrected chi connectivity index (χ3v) is 4.91. The molecule has 5 N–H and O–H groups in total. The van der Waals surface area contributed by atoms with Crippen LogP contribution in [0.3, 0.4) is 0 Å². The van der Waals surface area contributed by atoms with Crippen molar-refractivity contribution >= 4 is 21.7 Å². The molecular weight excluding hydrogens is 332 g/mol. The number of sulfonamides is 1. The smallest absolute Gasteiger partial charge is 0.319 e. The molecule has 0 saturated carbocycles. The number of aliphatic hydroxyl groups is 1. The number of hydrogen-bond acceptors (Lipinski definition) is 5. The summed E-state index contributed by atoms with van der Waals surface area (Å²) >= 11 is 0. The number of rotatable bonds is 6. The highest BCUT2D eigenvalue weighted by Gasteiger charge is 2.18. The van der Waals surface area contributed by atoms with Gasteiger partial charge in [0.05, 0.1) is 4.90 Å². The summed E-state index contributed by atoms with van der Waals surface area (Å²) in [5.74, 6) is 0.313. The van der Waals surface area contributed by atoms with Gasteiger partial charge in [0, 0.05) is 31.9 Å². The van der Waals surface area contributed by atoms with E-state index >= 15 is 0 Å². The van der Waals surface area contributed by atoms with Gasteiger partial charge in [0.2, 0.25) is 10.0 Å². The largest absolute Gasteiger partial charge is 0.396 e. The maximum Gasteiger partial charge on any atom is 0.319 e. The molecule has 1 aromatic carbocycles. The molecule has 24 heavy (non-hydrogen) atoms. The number of likely N-dealkylation sites (tertiary alicyclic amines) is 1. The number of hydrogen-bond donors (Lipinski definition) is 4. The first-order valence-electron chi connectivity index (χ1n) is 7.89. The highest BCUT2D eigenvalue weighted by atomic mass is 32.2. The van der Waals surface area contributed by atoms with Gasteiger partial charge in [0.1, 0.15) is 0 Å². The molecule has 1 aromatic rings. The molecule has 1 heterocycles. The molecule has 0 radical (unpaired) electrons. The zero-order valence-corrected chi connectivity index (χ0v) is 14.3. The second-order valence-corrected chi connectivity index (χ2v) is 7.51. The summed E-state index contributed by atoms with van der Waals surface area (Å²) in [5, 5.41) is 19.6. The Hall–Kier alpha value is -1.68. The molecule has 8 nitrogen and oxygen atoms in total. The van der Waals surface area contributed by atoms with Crippen LogP contribution in [0.4, 0.5) is 10.5 Å². The van der Waals surface area contributed by atoms with Crippen molar-refractivity contribution in [1.82, 2.24) is 10.2 Å². The maximum absolute atomic E-state index is 11.9. The summed E-state index contributed by atoms with van der Waals surface area (Å²) in [6, 6.07) is 5.37. The van der Waals surface area contributed by atoms with E-state index < -0.39 is 16.1 Å². The van der Waals surface area contributed by atoms with Gasteiger partial charge in [-0.1, -0.05) is 6.07 Å². The van der Waals surface area contributed by atoms with Crippen LogP contribution < -0.4 is 15.8 Å². The minimum Gasteiger partial charge on any atom is -0.396 e. The molecule has 1 aliphatic rings. The summed E-state index contributed by atoms with van der Waals surface area (Å²) in [6.45, 7) is 3.19. The molecular formula is C15H24N4O4S. The molecule has 0 aromatic heterocycles. The van der Waals surface area contributed by atoms with Gasteiger partial charge in [-0.05, 0) is 43.5 Å². The van der Waals surface area contributed by atoms with Gasteiger partial charge < -0.3 is 20.6 Å². The first-order chi connectivity index (χ1) is 11.4. The monoisotopic (exact) mass is 356 g/mol. The number of nitrogens with zero attached hydrogens (tertiary/aromatic N) is 1. The highest BCUT2D eigenvalue weighted by Crippen LogP contribution is 2.15. The van der Waals surface area contributed by atoms with Crippen LogP contribution in [-0.2, 0) is 10.0 Å². The minimum absolute atomic E-state index is 0.0522. The van der Waals surface area contributed by atoms with Crippen molar-refractivity contribution in [2.24, 2.45) is 11.1 Å². The lowest BCUT2D eigenvalue weighted by Crippen LogP contribution is -2.42. The molecule has 1 fully saturated rings. The van der Waals surface area contributed by atoms with Crippen LogP contribution in [0.25, 0.3) is 0 Å². The van der Waals surface area contributed by atoms with Crippen molar-refractivity contribution in [3.8, 4) is 0 Å². The van der Waals surface area contributed by atoms with Gasteiger partial charge in [-0.15, -0.1) is 0 Å². The Kier molecular flexibility index (Phi) is 6.55. The number of carbonyl (C=O) groups excluding carboxylic acids is 1. The Balaban J connectivity index is 1.77. The van der Waals surface area contributed by atoms with E-state index in [-0.39, 0.29) is 11.5 Å². The number of amides is 2. The lowest BCUT2D eigenvalue weighted by Gasteiger charge is -2.31. The number of nitrogens with two attached hydrogens (primary N) is 1. The van der Waals surface area contributed by atoms with E-state index in [1.165, 1.54) is 18.2 Å². The molecule has 1 saturated heterocycles. The quantitative estimate of drug-likeness (QED) is 0.578. The zero-order chi connectivity index (χ0) is 17.6. The summed E-state index contributed by atoms with van der Waals surface area (Å²) in [6.07, 6.45) is 2.10. The van der Waals surface area contributed by atoms with E-state index in [4.69, 9.17) is 5.14 Å². The number of primary sulfonamides is 1. The second-order valence-electron chi connectivity index (χ2n) is 5.95. The number of urea groups is 1. The maximum atomic E-state index is 11.9. The molecule has 134 valence electrons. The summed E-state index contributed by atoms with van der Waals surface area (Å²) in [4.78, 5) is 14.0. The van der Waals surface area contributed by atoms with E-state index in [2.05, 4.69) is 15.5 Å². The van der Waals surface area contributed by atoms with E-state index in [9.17, 15) is 18.3 Å². The lowest BCUT2D eigenvalue weighted by atomic mass is 9.99. The summed E-state index contributed by atoms with van der Waals surface area (Å²) in [5.41, 5.74) is 0.359. The fourth-order valence-electron chi connectivity index (χ4n) is 2.76. The minimum atomic E-state index is -3.80. The number of carbonyl (C=O) groups is 1. The van der Waals surface area contributed by atoms with Crippen LogP contribution in [0, 0.1) is 5.92 Å². The molecule has 0 aliphatic carbocycles. The number of nitrogens with one attached hydrogen (secondary N) is 2. The predicted molar refractivity (Wildman–Crippen MR) is 91.1 cm³/mol. The van der Waals surface area contributed by atoms with Crippen LogP contribution in [0.15, 0.2) is 29.2 Å². The molecule has 0 unspecified atom stereocenters. The third-order valence-electron chi connectivity index (χ3n) is 4.00. The van der Waals surface area contributed by atoms with Gasteiger partial charge in [0.15, 0.2) is 0 Å². The number of aliphatic hydroxyl groups excluding tert-OH is 1. The van der Waals surface area contributed by atoms with Gasteiger partial charge in [-0.2, -0.15) is 0 Å². The molecule has 0 bridgehead atoms. The van der Waals surface area contributed by atoms with Gasteiger partial charge >= 0.3 is 6.03 Å². The van der Waals surface area contributed by atoms with Crippen molar-refractivity contribution in [3.05, 3.63) is 24.3 Å². The van der Waals surface area contributed by atoms with E-state index in [0.29, 0.717) is 24.7 Å². The standard InChI is InChI=1S/C15H24N4O4S/c16-24(22,23)14-5-1-4-13(9-14)18-15(21)17-6-8-19-7-2-3-12(10-19)11-20/h1,4-5,9,12,20H,2-3,6-8,10-11H2,(H2,16,22,23)(H2,17,18,21)/t12-/m0/s1. The molecule has 1 aliphatic heterocycles. The van der Waals surface area contributed by atoms with E-state index in [0.717, 1.165) is 25.9 Å². The van der Waals surface area contributed by atoms with E-state index in [1.54, 1.807) is 6.07 Å². The zero-order valence-electron chi connectivity index (χ0n) is 13.4. The molecule has 2 rings (SSSR count). The number of benzene rings is 1. The predicted octanol–water partition coefficient (Wildman–Crippen LogP) is 0.160. The Morgan fingerprint density at radius 2 is 2.21 bits per heavy atom. The van der Waals surface area contributed by atoms with Gasteiger partial charge in [-0.25, -0.2) is 18.4 Å². The lowest BCUT2D eigenvalue weighted by molar-refractivity contribution is 0.121. The summed E-state index contributed by atoms with van der Waals surface area (Å²) in [7, 11) is -3.80. The van der Waals surface area contributed by atoms with Crippen molar-refractivity contribution in [3.63, 3.8) is 0 Å². The average molecular weight is 356 g/mol. The molecule has 2 amide bonds. The number of piperidine rings is 1. The van der Waals surface area contributed by atoms with Crippen LogP contribution in [0.5, 0.6) is 0 Å². The third kappa shape index (κ3) is 5.75. The average Bonchev–Trinajstić information content (AvgIpc) is 2.54. The first kappa shape index (κ1) is 18.7. The fourth-order valence-corrected chi connectivity index (χ4v) is 3.32. The molecule has 0 spiro atoms. The van der Waals surface area contributed by atoms with Crippen LogP contribution in [0.2, 0.25) is 0 Å². The number of anilines is 1. The van der Waals surface area contributed by atoms with E-state index in [1.807, 2.05) is 0 Å². The Morgan fingerprint density at radius 1 is 1.42 bits per heavy atom. The highest BCUT2D eigenvalue weighted by molar-refractivity contribution is 7.89. The summed E-state index contributed by atoms with van der Waals surface area (Å²) < 4.78 is 22.6. The van der Waals surface area contributed by atoms with Crippen molar-refractivity contribution in [1.29, 1.82) is 0 Å². The topological polar surface area (TPSA) is 125 Å². The van der Waals surface area contributed by atoms with Crippen molar-refractivity contribution < 1.29 is 18.3 Å². The fraction of sp³-hybridized carbons (Fsp3) is 0.533.